The highest BCUT2D eigenvalue weighted by atomic mass is 16.3. The van der Waals surface area contributed by atoms with Crippen LogP contribution >= 0.6 is 0 Å². The molecule has 2 aromatic rings. The lowest BCUT2D eigenvalue weighted by molar-refractivity contribution is 0.165. The fourth-order valence-electron chi connectivity index (χ4n) is 2.40. The van der Waals surface area contributed by atoms with Crippen molar-refractivity contribution in [1.29, 1.82) is 5.26 Å². The van der Waals surface area contributed by atoms with Gasteiger partial charge in [-0.3, -0.25) is 0 Å². The zero-order chi connectivity index (χ0) is 13.2. The highest BCUT2D eigenvalue weighted by Crippen LogP contribution is 2.33. The standard InChI is InChI=1S/C14H12N4O/c15-8-13-16-6-5-12(17-13)18-14-10-4-2-1-3-9(10)7-11(14)19/h1-6,11,14,19H,7H2,(H,16,17,18)/t11-,14-/m1/s1. The first-order valence-electron chi connectivity index (χ1n) is 6.03. The van der Waals surface area contributed by atoms with Crippen molar-refractivity contribution in [2.24, 2.45) is 0 Å². The van der Waals surface area contributed by atoms with Crippen LogP contribution in [0.5, 0.6) is 0 Å². The van der Waals surface area contributed by atoms with Crippen LogP contribution in [0.2, 0.25) is 0 Å². The summed E-state index contributed by atoms with van der Waals surface area (Å²) in [5.41, 5.74) is 2.22. The van der Waals surface area contributed by atoms with Gasteiger partial charge < -0.3 is 10.4 Å². The topological polar surface area (TPSA) is 81.8 Å². The molecule has 2 atom stereocenters. The molecule has 1 heterocycles. The third-order valence-electron chi connectivity index (χ3n) is 3.26. The molecule has 19 heavy (non-hydrogen) atoms. The maximum Gasteiger partial charge on any atom is 0.234 e. The summed E-state index contributed by atoms with van der Waals surface area (Å²) in [6.45, 7) is 0. The Hall–Kier alpha value is -2.45. The number of nitrogens with one attached hydrogen (secondary N) is 1. The first kappa shape index (κ1) is 11.6. The van der Waals surface area contributed by atoms with Crippen molar-refractivity contribution < 1.29 is 5.11 Å². The van der Waals surface area contributed by atoms with Gasteiger partial charge in [0, 0.05) is 12.6 Å². The molecule has 0 unspecified atom stereocenters. The maximum atomic E-state index is 10.1. The molecule has 1 aromatic heterocycles. The van der Waals surface area contributed by atoms with Gasteiger partial charge in [-0.2, -0.15) is 5.26 Å². The van der Waals surface area contributed by atoms with Crippen LogP contribution in [-0.2, 0) is 6.42 Å². The molecule has 0 radical (unpaired) electrons. The minimum Gasteiger partial charge on any atom is -0.390 e. The fraction of sp³-hybridized carbons (Fsp3) is 0.214. The first-order chi connectivity index (χ1) is 9.28. The summed E-state index contributed by atoms with van der Waals surface area (Å²) in [4.78, 5) is 7.89. The van der Waals surface area contributed by atoms with Gasteiger partial charge in [0.25, 0.3) is 0 Å². The van der Waals surface area contributed by atoms with E-state index in [2.05, 4.69) is 15.3 Å². The zero-order valence-corrected chi connectivity index (χ0v) is 10.1. The summed E-state index contributed by atoms with van der Waals surface area (Å²) in [7, 11) is 0. The number of rotatable bonds is 2. The van der Waals surface area contributed by atoms with Crippen molar-refractivity contribution in [2.75, 3.05) is 5.32 Å². The quantitative estimate of drug-likeness (QED) is 0.844. The van der Waals surface area contributed by atoms with Gasteiger partial charge in [0.05, 0.1) is 12.1 Å². The summed E-state index contributed by atoms with van der Waals surface area (Å²) >= 11 is 0. The Kier molecular flexibility index (Phi) is 2.86. The lowest BCUT2D eigenvalue weighted by Crippen LogP contribution is -2.21. The fourth-order valence-corrected chi connectivity index (χ4v) is 2.40. The zero-order valence-electron chi connectivity index (χ0n) is 10.1. The number of aliphatic hydroxyl groups is 1. The van der Waals surface area contributed by atoms with E-state index < -0.39 is 6.10 Å². The summed E-state index contributed by atoms with van der Waals surface area (Å²) in [5.74, 6) is 0.665. The second kappa shape index (κ2) is 4.67. The number of aliphatic hydroxyl groups excluding tert-OH is 1. The highest BCUT2D eigenvalue weighted by molar-refractivity contribution is 5.45. The van der Waals surface area contributed by atoms with Gasteiger partial charge in [-0.1, -0.05) is 24.3 Å². The van der Waals surface area contributed by atoms with E-state index in [1.807, 2.05) is 30.3 Å². The molecule has 0 aliphatic heterocycles. The summed E-state index contributed by atoms with van der Waals surface area (Å²) < 4.78 is 0. The Morgan fingerprint density at radius 3 is 3.00 bits per heavy atom. The number of hydrogen-bond acceptors (Lipinski definition) is 5. The SMILES string of the molecule is N#Cc1nccc(N[C@@H]2c3ccccc3C[C@H]2O)n1. The predicted molar refractivity (Wildman–Crippen MR) is 69.3 cm³/mol. The molecule has 94 valence electrons. The molecular formula is C14H12N4O. The molecule has 5 nitrogen and oxygen atoms in total. The van der Waals surface area contributed by atoms with E-state index >= 15 is 0 Å². The van der Waals surface area contributed by atoms with E-state index in [9.17, 15) is 5.11 Å². The van der Waals surface area contributed by atoms with Crippen molar-refractivity contribution in [3.63, 3.8) is 0 Å². The molecular weight excluding hydrogens is 240 g/mol. The number of anilines is 1. The number of nitriles is 1. The lowest BCUT2D eigenvalue weighted by Gasteiger charge is -2.18. The number of hydrogen-bond donors (Lipinski definition) is 2. The van der Waals surface area contributed by atoms with Crippen molar-refractivity contribution >= 4 is 5.82 Å². The third-order valence-corrected chi connectivity index (χ3v) is 3.26. The molecule has 0 saturated heterocycles. The van der Waals surface area contributed by atoms with E-state index in [4.69, 9.17) is 5.26 Å². The Bertz CT molecular complexity index is 650. The van der Waals surface area contributed by atoms with Crippen LogP contribution in [0.25, 0.3) is 0 Å². The minimum atomic E-state index is -0.488. The van der Waals surface area contributed by atoms with Gasteiger partial charge in [-0.05, 0) is 17.2 Å². The summed E-state index contributed by atoms with van der Waals surface area (Å²) in [5, 5.41) is 22.1. The molecule has 1 aliphatic carbocycles. The maximum absolute atomic E-state index is 10.1. The molecule has 1 aromatic carbocycles. The molecule has 3 rings (SSSR count). The number of aromatic nitrogens is 2. The van der Waals surface area contributed by atoms with Crippen LogP contribution in [0.1, 0.15) is 23.0 Å². The third kappa shape index (κ3) is 2.14. The van der Waals surface area contributed by atoms with Gasteiger partial charge in [-0.15, -0.1) is 0 Å². The molecule has 1 aliphatic rings. The average molecular weight is 252 g/mol. The number of nitrogens with zero attached hydrogens (tertiary/aromatic N) is 3. The second-order valence-corrected chi connectivity index (χ2v) is 4.47. The van der Waals surface area contributed by atoms with E-state index in [1.54, 1.807) is 6.07 Å². The van der Waals surface area contributed by atoms with Gasteiger partial charge in [-0.25, -0.2) is 9.97 Å². The molecule has 0 fully saturated rings. The Balaban J connectivity index is 1.89. The Labute approximate surface area is 110 Å². The van der Waals surface area contributed by atoms with Crippen LogP contribution < -0.4 is 5.32 Å². The number of fused-ring (bicyclic) bond motifs is 1. The predicted octanol–water partition coefficient (Wildman–Crippen LogP) is 1.42. The Morgan fingerprint density at radius 2 is 2.16 bits per heavy atom. The molecule has 0 amide bonds. The molecule has 2 N–H and O–H groups in total. The van der Waals surface area contributed by atoms with Gasteiger partial charge in [0.1, 0.15) is 11.9 Å². The number of benzene rings is 1. The van der Waals surface area contributed by atoms with Crippen molar-refractivity contribution in [1.82, 2.24) is 9.97 Å². The highest BCUT2D eigenvalue weighted by Gasteiger charge is 2.30. The van der Waals surface area contributed by atoms with Crippen LogP contribution in [0.4, 0.5) is 5.82 Å². The van der Waals surface area contributed by atoms with Gasteiger partial charge in [0.15, 0.2) is 0 Å². The largest absolute Gasteiger partial charge is 0.390 e. The van der Waals surface area contributed by atoms with Crippen LogP contribution in [0.15, 0.2) is 36.5 Å². The van der Waals surface area contributed by atoms with Gasteiger partial charge >= 0.3 is 0 Å². The average Bonchev–Trinajstić information content (AvgIpc) is 2.76. The Morgan fingerprint density at radius 1 is 1.32 bits per heavy atom. The van der Waals surface area contributed by atoms with E-state index in [-0.39, 0.29) is 11.9 Å². The van der Waals surface area contributed by atoms with Crippen LogP contribution in [0, 0.1) is 11.3 Å². The smallest absolute Gasteiger partial charge is 0.234 e. The van der Waals surface area contributed by atoms with Crippen LogP contribution in [-0.4, -0.2) is 21.2 Å². The summed E-state index contributed by atoms with van der Waals surface area (Å²) in [6, 6.07) is 11.3. The van der Waals surface area contributed by atoms with Crippen molar-refractivity contribution in [3.05, 3.63) is 53.5 Å². The molecule has 0 bridgehead atoms. The van der Waals surface area contributed by atoms with Crippen molar-refractivity contribution in [3.8, 4) is 6.07 Å². The lowest BCUT2D eigenvalue weighted by atomic mass is 10.1. The molecule has 0 spiro atoms. The normalized spacial score (nSPS) is 20.6. The first-order valence-corrected chi connectivity index (χ1v) is 6.03. The van der Waals surface area contributed by atoms with E-state index in [0.29, 0.717) is 12.2 Å². The van der Waals surface area contributed by atoms with Crippen molar-refractivity contribution in [2.45, 2.75) is 18.6 Å². The monoisotopic (exact) mass is 252 g/mol. The molecule has 5 heteroatoms. The van der Waals surface area contributed by atoms with Crippen LogP contribution in [0.3, 0.4) is 0 Å². The summed E-state index contributed by atoms with van der Waals surface area (Å²) in [6.07, 6.45) is 1.67. The minimum absolute atomic E-state index is 0.116. The van der Waals surface area contributed by atoms with E-state index in [0.717, 1.165) is 11.1 Å². The van der Waals surface area contributed by atoms with Gasteiger partial charge in [0.2, 0.25) is 5.82 Å². The molecule has 0 saturated carbocycles. The van der Waals surface area contributed by atoms with E-state index in [1.165, 1.54) is 6.20 Å². The second-order valence-electron chi connectivity index (χ2n) is 4.47.